The normalized spacial score (nSPS) is 11.0. The van der Waals surface area contributed by atoms with E-state index in [4.69, 9.17) is 32.7 Å². The molecule has 0 saturated heterocycles. The van der Waals surface area contributed by atoms with Crippen LogP contribution in [0.3, 0.4) is 0 Å². The lowest BCUT2D eigenvalue weighted by atomic mass is 10.0. The van der Waals surface area contributed by atoms with Crippen LogP contribution in [0.5, 0.6) is 5.75 Å². The highest BCUT2D eigenvalue weighted by Crippen LogP contribution is 2.24. The number of halogens is 4. The molecule has 0 aliphatic rings. The van der Waals surface area contributed by atoms with E-state index >= 15 is 0 Å². The number of carbonyl (C=O) groups is 2. The second-order valence-electron chi connectivity index (χ2n) is 7.33. The molecule has 2 amide bonds. The van der Waals surface area contributed by atoms with Crippen LogP contribution < -0.4 is 15.4 Å². The van der Waals surface area contributed by atoms with E-state index in [0.717, 1.165) is 6.07 Å². The number of methoxy groups -OCH3 is 1. The van der Waals surface area contributed by atoms with Gasteiger partial charge in [0, 0.05) is 16.7 Å². The van der Waals surface area contributed by atoms with Gasteiger partial charge in [-0.25, -0.2) is 4.39 Å². The van der Waals surface area contributed by atoms with Crippen molar-refractivity contribution in [3.05, 3.63) is 67.5 Å². The number of nitrogens with one attached hydrogen (secondary N) is 2. The summed E-state index contributed by atoms with van der Waals surface area (Å²) in [6, 6.07) is 8.85. The molecule has 0 aromatic heterocycles. The first kappa shape index (κ1) is 26.4. The van der Waals surface area contributed by atoms with Crippen molar-refractivity contribution in [1.82, 2.24) is 5.32 Å². The van der Waals surface area contributed by atoms with Crippen molar-refractivity contribution < 1.29 is 23.5 Å². The van der Waals surface area contributed by atoms with E-state index in [2.05, 4.69) is 10.6 Å². The van der Waals surface area contributed by atoms with Crippen LogP contribution in [0.15, 0.2) is 47.0 Å². The molecule has 0 aliphatic heterocycles. The molecule has 6 nitrogen and oxygen atoms in total. The molecule has 0 atom stereocenters. The van der Waals surface area contributed by atoms with Gasteiger partial charge in [-0.2, -0.15) is 0 Å². The molecule has 0 spiro atoms. The van der Waals surface area contributed by atoms with Crippen molar-refractivity contribution in [2.45, 2.75) is 19.4 Å². The van der Waals surface area contributed by atoms with Gasteiger partial charge in [0.1, 0.15) is 22.7 Å². The molecule has 2 aromatic carbocycles. The monoisotopic (exact) mass is 594 g/mol. The first-order valence-corrected chi connectivity index (χ1v) is 11.2. The maximum absolute atomic E-state index is 14.5. The standard InChI is InChI=1S/C22H22Cl2FIN2O4/c1-22(2,12-31-3)28-21(30)19-14(5-4-6-16(19)26)20(29)27-17-8-7-13(11-15(17)25)32-10-9-18(23)24/h4-9,11H,10,12H2,1-3H3,(H,27,29)(H,28,30). The van der Waals surface area contributed by atoms with Gasteiger partial charge in [-0.15, -0.1) is 0 Å². The number of hydrogen-bond acceptors (Lipinski definition) is 4. The molecule has 10 heteroatoms. The van der Waals surface area contributed by atoms with Crippen molar-refractivity contribution in [2.75, 3.05) is 25.6 Å². The Morgan fingerprint density at radius 1 is 1.19 bits per heavy atom. The molecule has 172 valence electrons. The summed E-state index contributed by atoms with van der Waals surface area (Å²) in [7, 11) is 1.54. The van der Waals surface area contributed by atoms with Gasteiger partial charge < -0.3 is 20.1 Å². The Balaban J connectivity index is 2.23. The first-order chi connectivity index (χ1) is 15.0. The maximum Gasteiger partial charge on any atom is 0.256 e. The van der Waals surface area contributed by atoms with E-state index in [0.29, 0.717) is 3.57 Å². The number of ether oxygens (including phenoxy) is 2. The van der Waals surface area contributed by atoms with Crippen LogP contribution >= 0.6 is 45.8 Å². The average Bonchev–Trinajstić information content (AvgIpc) is 2.68. The molecule has 0 radical (unpaired) electrons. The van der Waals surface area contributed by atoms with Crippen molar-refractivity contribution in [3.63, 3.8) is 0 Å². The van der Waals surface area contributed by atoms with Crippen LogP contribution in [0, 0.1) is 9.39 Å². The number of amides is 2. The molecule has 0 unspecified atom stereocenters. The quantitative estimate of drug-likeness (QED) is 0.374. The van der Waals surface area contributed by atoms with Crippen molar-refractivity contribution in [2.24, 2.45) is 0 Å². The first-order valence-electron chi connectivity index (χ1n) is 9.39. The Bertz CT molecular complexity index is 1030. The fraction of sp³-hybridized carbons (Fsp3) is 0.273. The summed E-state index contributed by atoms with van der Waals surface area (Å²) < 4.78 is 25.6. The summed E-state index contributed by atoms with van der Waals surface area (Å²) in [4.78, 5) is 25.8. The zero-order valence-corrected chi connectivity index (χ0v) is 21.3. The summed E-state index contributed by atoms with van der Waals surface area (Å²) in [5, 5.41) is 5.36. The van der Waals surface area contributed by atoms with Gasteiger partial charge in [0.05, 0.1) is 29.0 Å². The molecule has 0 aliphatic carbocycles. The largest absolute Gasteiger partial charge is 0.489 e. The van der Waals surface area contributed by atoms with E-state index in [1.807, 2.05) is 22.6 Å². The Kier molecular flexibility index (Phi) is 9.75. The third-order valence-electron chi connectivity index (χ3n) is 4.12. The van der Waals surface area contributed by atoms with E-state index < -0.39 is 23.2 Å². The molecule has 32 heavy (non-hydrogen) atoms. The maximum atomic E-state index is 14.5. The molecule has 0 heterocycles. The van der Waals surface area contributed by atoms with E-state index in [1.165, 1.54) is 31.4 Å². The van der Waals surface area contributed by atoms with Gasteiger partial charge in [-0.1, -0.05) is 29.3 Å². The molecule has 0 saturated carbocycles. The predicted molar refractivity (Wildman–Crippen MR) is 132 cm³/mol. The Morgan fingerprint density at radius 3 is 2.53 bits per heavy atom. The van der Waals surface area contributed by atoms with E-state index in [-0.39, 0.29) is 40.3 Å². The Labute approximate surface area is 209 Å². The molecule has 2 aromatic rings. The summed E-state index contributed by atoms with van der Waals surface area (Å²) in [6.07, 6.45) is 1.41. The van der Waals surface area contributed by atoms with Gasteiger partial charge in [-0.05, 0) is 66.8 Å². The molecular formula is C22H22Cl2FIN2O4. The number of carbonyl (C=O) groups excluding carboxylic acids is 2. The van der Waals surface area contributed by atoms with Crippen molar-refractivity contribution in [1.29, 1.82) is 0 Å². The zero-order chi connectivity index (χ0) is 23.9. The van der Waals surface area contributed by atoms with E-state index in [9.17, 15) is 14.0 Å². The minimum atomic E-state index is -0.699. The van der Waals surface area contributed by atoms with Crippen LogP contribution in [0.2, 0.25) is 0 Å². The van der Waals surface area contributed by atoms with Crippen molar-refractivity contribution in [3.8, 4) is 5.75 Å². The van der Waals surface area contributed by atoms with Crippen LogP contribution in [-0.2, 0) is 4.74 Å². The van der Waals surface area contributed by atoms with Gasteiger partial charge in [0.2, 0.25) is 0 Å². The Hall–Kier alpha value is -1.88. The smallest absolute Gasteiger partial charge is 0.256 e. The minimum absolute atomic E-state index is 0.0392. The lowest BCUT2D eigenvalue weighted by Crippen LogP contribution is -2.47. The number of rotatable bonds is 9. The average molecular weight is 595 g/mol. The van der Waals surface area contributed by atoms with Crippen LogP contribution in [-0.4, -0.2) is 37.7 Å². The third-order valence-corrected chi connectivity index (χ3v) is 5.33. The van der Waals surface area contributed by atoms with Gasteiger partial charge >= 0.3 is 0 Å². The predicted octanol–water partition coefficient (Wildman–Crippen LogP) is 5.54. The lowest BCUT2D eigenvalue weighted by Gasteiger charge is -2.26. The van der Waals surface area contributed by atoms with Crippen LogP contribution in [0.1, 0.15) is 34.6 Å². The van der Waals surface area contributed by atoms with Gasteiger partial charge in [-0.3, -0.25) is 9.59 Å². The molecule has 2 rings (SSSR count). The van der Waals surface area contributed by atoms with Gasteiger partial charge in [0.25, 0.3) is 11.8 Å². The lowest BCUT2D eigenvalue weighted by molar-refractivity contribution is 0.0814. The minimum Gasteiger partial charge on any atom is -0.489 e. The zero-order valence-electron chi connectivity index (χ0n) is 17.6. The fourth-order valence-electron chi connectivity index (χ4n) is 2.79. The highest BCUT2D eigenvalue weighted by atomic mass is 127. The highest BCUT2D eigenvalue weighted by Gasteiger charge is 2.26. The Morgan fingerprint density at radius 2 is 1.91 bits per heavy atom. The van der Waals surface area contributed by atoms with E-state index in [1.54, 1.807) is 26.0 Å². The molecule has 0 bridgehead atoms. The topological polar surface area (TPSA) is 76.7 Å². The van der Waals surface area contributed by atoms with Crippen molar-refractivity contribution >= 4 is 63.3 Å². The summed E-state index contributed by atoms with van der Waals surface area (Å²) in [5.41, 5.74) is -0.397. The molecular weight excluding hydrogens is 573 g/mol. The molecule has 2 N–H and O–H groups in total. The highest BCUT2D eigenvalue weighted by molar-refractivity contribution is 14.1. The third kappa shape index (κ3) is 7.61. The summed E-state index contributed by atoms with van der Waals surface area (Å²) >= 11 is 13.0. The molecule has 0 fully saturated rings. The summed E-state index contributed by atoms with van der Waals surface area (Å²) in [6.45, 7) is 3.96. The number of benzene rings is 2. The van der Waals surface area contributed by atoms with Crippen LogP contribution in [0.25, 0.3) is 0 Å². The SMILES string of the molecule is COCC(C)(C)NC(=O)c1c(I)cccc1C(=O)Nc1ccc(OCC=C(Cl)Cl)cc1F. The fourth-order valence-corrected chi connectivity index (χ4v) is 3.66. The van der Waals surface area contributed by atoms with Gasteiger partial charge in [0.15, 0.2) is 0 Å². The summed E-state index contributed by atoms with van der Waals surface area (Å²) in [5.74, 6) is -1.52. The number of anilines is 1. The second kappa shape index (κ2) is 11.8. The number of hydrogen-bond donors (Lipinski definition) is 2. The second-order valence-corrected chi connectivity index (χ2v) is 9.50. The van der Waals surface area contributed by atoms with Crippen LogP contribution in [0.4, 0.5) is 10.1 Å².